The minimum Gasteiger partial charge on any atom is -0.312 e. The highest BCUT2D eigenvalue weighted by atomic mass is 32.1. The van der Waals surface area contributed by atoms with Gasteiger partial charge in [-0.15, -0.1) is 0 Å². The second-order valence-electron chi connectivity index (χ2n) is 4.95. The third-order valence-electron chi connectivity index (χ3n) is 2.87. The highest BCUT2D eigenvalue weighted by molar-refractivity contribution is 7.81. The average molecular weight is 201 g/mol. The molecule has 78 valence electrons. The van der Waals surface area contributed by atoms with E-state index < -0.39 is 0 Å². The van der Waals surface area contributed by atoms with Gasteiger partial charge in [-0.1, -0.05) is 27.2 Å². The average Bonchev–Trinajstić information content (AvgIpc) is 2.12. The third kappa shape index (κ3) is 4.37. The molecule has 1 rings (SSSR count). The van der Waals surface area contributed by atoms with Crippen molar-refractivity contribution in [3.8, 4) is 0 Å². The highest BCUT2D eigenvalue weighted by Crippen LogP contribution is 2.31. The number of hydrogen-bond acceptors (Lipinski definition) is 2. The Morgan fingerprint density at radius 3 is 2.62 bits per heavy atom. The molecule has 0 aromatic rings. The van der Waals surface area contributed by atoms with Crippen LogP contribution in [-0.2, 0) is 0 Å². The molecule has 1 fully saturated rings. The Kier molecular flexibility index (Phi) is 4.11. The third-order valence-corrected chi connectivity index (χ3v) is 3.32. The topological polar surface area (TPSA) is 12.0 Å². The lowest BCUT2D eigenvalue weighted by atomic mass is 10.0. The van der Waals surface area contributed by atoms with E-state index in [0.29, 0.717) is 6.04 Å². The standard InChI is InChI=1S/C11H23NS/c1-9(2)12-10-5-4-7-11(3,13)8-6-10/h9-10,12-13H,4-8H2,1-3H3. The molecule has 2 atom stereocenters. The fourth-order valence-corrected chi connectivity index (χ4v) is 2.41. The van der Waals surface area contributed by atoms with Gasteiger partial charge in [0.15, 0.2) is 0 Å². The van der Waals surface area contributed by atoms with E-state index in [2.05, 4.69) is 26.1 Å². The Labute approximate surface area is 88.1 Å². The van der Waals surface area contributed by atoms with Crippen LogP contribution in [0.3, 0.4) is 0 Å². The lowest BCUT2D eigenvalue weighted by molar-refractivity contribution is 0.419. The van der Waals surface area contributed by atoms with Gasteiger partial charge < -0.3 is 5.32 Å². The van der Waals surface area contributed by atoms with Crippen LogP contribution < -0.4 is 5.32 Å². The van der Waals surface area contributed by atoms with Crippen molar-refractivity contribution in [3.05, 3.63) is 0 Å². The van der Waals surface area contributed by atoms with E-state index in [-0.39, 0.29) is 4.75 Å². The molecule has 0 aromatic heterocycles. The molecule has 0 radical (unpaired) electrons. The van der Waals surface area contributed by atoms with Crippen LogP contribution in [0.25, 0.3) is 0 Å². The molecule has 0 bridgehead atoms. The molecular formula is C11H23NS. The van der Waals surface area contributed by atoms with E-state index in [9.17, 15) is 0 Å². The molecule has 0 saturated heterocycles. The molecule has 0 aliphatic heterocycles. The van der Waals surface area contributed by atoms with Gasteiger partial charge in [0, 0.05) is 16.8 Å². The molecule has 2 unspecified atom stereocenters. The van der Waals surface area contributed by atoms with Gasteiger partial charge in [-0.25, -0.2) is 0 Å². The molecule has 1 nitrogen and oxygen atoms in total. The first-order valence-corrected chi connectivity index (χ1v) is 5.93. The summed E-state index contributed by atoms with van der Waals surface area (Å²) in [4.78, 5) is 0. The largest absolute Gasteiger partial charge is 0.312 e. The number of rotatable bonds is 2. The summed E-state index contributed by atoms with van der Waals surface area (Å²) in [6.45, 7) is 6.73. The van der Waals surface area contributed by atoms with Gasteiger partial charge in [-0.2, -0.15) is 12.6 Å². The lowest BCUT2D eigenvalue weighted by Crippen LogP contribution is -2.34. The van der Waals surface area contributed by atoms with Gasteiger partial charge >= 0.3 is 0 Å². The van der Waals surface area contributed by atoms with Gasteiger partial charge in [0.05, 0.1) is 0 Å². The zero-order valence-electron chi connectivity index (χ0n) is 9.14. The van der Waals surface area contributed by atoms with Gasteiger partial charge in [-0.05, 0) is 25.7 Å². The maximum Gasteiger partial charge on any atom is 0.0102 e. The van der Waals surface area contributed by atoms with E-state index in [1.165, 1.54) is 32.1 Å². The molecule has 1 saturated carbocycles. The van der Waals surface area contributed by atoms with Crippen LogP contribution in [0.1, 0.15) is 52.9 Å². The number of hydrogen-bond donors (Lipinski definition) is 2. The van der Waals surface area contributed by atoms with Crippen molar-refractivity contribution < 1.29 is 0 Å². The van der Waals surface area contributed by atoms with Crippen LogP contribution in [-0.4, -0.2) is 16.8 Å². The summed E-state index contributed by atoms with van der Waals surface area (Å²) in [7, 11) is 0. The van der Waals surface area contributed by atoms with Crippen molar-refractivity contribution in [2.75, 3.05) is 0 Å². The molecule has 0 heterocycles. The Morgan fingerprint density at radius 2 is 2.00 bits per heavy atom. The van der Waals surface area contributed by atoms with E-state index in [1.807, 2.05) is 0 Å². The summed E-state index contributed by atoms with van der Waals surface area (Å²) in [5.41, 5.74) is 0. The zero-order valence-corrected chi connectivity index (χ0v) is 10.0. The Hall–Kier alpha value is 0.310. The monoisotopic (exact) mass is 201 g/mol. The van der Waals surface area contributed by atoms with E-state index in [1.54, 1.807) is 0 Å². The molecular weight excluding hydrogens is 178 g/mol. The quantitative estimate of drug-likeness (QED) is 0.517. The summed E-state index contributed by atoms with van der Waals surface area (Å²) in [5.74, 6) is 0. The smallest absolute Gasteiger partial charge is 0.0102 e. The Balaban J connectivity index is 2.36. The molecule has 2 heteroatoms. The van der Waals surface area contributed by atoms with Crippen molar-refractivity contribution in [3.63, 3.8) is 0 Å². The van der Waals surface area contributed by atoms with Crippen LogP contribution >= 0.6 is 12.6 Å². The fraction of sp³-hybridized carbons (Fsp3) is 1.00. The molecule has 0 aromatic carbocycles. The second-order valence-corrected chi connectivity index (χ2v) is 6.03. The van der Waals surface area contributed by atoms with E-state index in [0.717, 1.165) is 6.04 Å². The molecule has 0 amide bonds. The molecule has 0 spiro atoms. The van der Waals surface area contributed by atoms with Gasteiger partial charge in [-0.3, -0.25) is 0 Å². The first-order valence-electron chi connectivity index (χ1n) is 5.48. The molecule has 1 aliphatic carbocycles. The fourth-order valence-electron chi connectivity index (χ4n) is 2.12. The lowest BCUT2D eigenvalue weighted by Gasteiger charge is -2.22. The maximum absolute atomic E-state index is 4.69. The van der Waals surface area contributed by atoms with Crippen LogP contribution in [0.15, 0.2) is 0 Å². The first-order chi connectivity index (χ1) is 5.99. The summed E-state index contributed by atoms with van der Waals surface area (Å²) >= 11 is 4.69. The van der Waals surface area contributed by atoms with Gasteiger partial charge in [0.25, 0.3) is 0 Å². The van der Waals surface area contributed by atoms with Crippen molar-refractivity contribution >= 4 is 12.6 Å². The molecule has 1 N–H and O–H groups in total. The molecule has 1 aliphatic rings. The van der Waals surface area contributed by atoms with Crippen molar-refractivity contribution in [1.29, 1.82) is 0 Å². The normalized spacial score (nSPS) is 36.2. The van der Waals surface area contributed by atoms with Crippen LogP contribution in [0.4, 0.5) is 0 Å². The maximum atomic E-state index is 4.69. The summed E-state index contributed by atoms with van der Waals surface area (Å²) < 4.78 is 0.285. The van der Waals surface area contributed by atoms with Gasteiger partial charge in [0.1, 0.15) is 0 Å². The van der Waals surface area contributed by atoms with Crippen molar-refractivity contribution in [1.82, 2.24) is 5.32 Å². The van der Waals surface area contributed by atoms with Crippen LogP contribution in [0.2, 0.25) is 0 Å². The van der Waals surface area contributed by atoms with Crippen LogP contribution in [0, 0.1) is 0 Å². The van der Waals surface area contributed by atoms with Gasteiger partial charge in [0.2, 0.25) is 0 Å². The van der Waals surface area contributed by atoms with E-state index >= 15 is 0 Å². The summed E-state index contributed by atoms with van der Waals surface area (Å²) in [6, 6.07) is 1.35. The first kappa shape index (κ1) is 11.4. The van der Waals surface area contributed by atoms with Crippen LogP contribution in [0.5, 0.6) is 0 Å². The minimum atomic E-state index is 0.285. The molecule has 13 heavy (non-hydrogen) atoms. The van der Waals surface area contributed by atoms with E-state index in [4.69, 9.17) is 12.6 Å². The zero-order chi connectivity index (χ0) is 9.90. The SMILES string of the molecule is CC(C)NC1CCCC(C)(S)CC1. The van der Waals surface area contributed by atoms with Crippen molar-refractivity contribution in [2.45, 2.75) is 69.7 Å². The Morgan fingerprint density at radius 1 is 1.31 bits per heavy atom. The Bertz CT molecular complexity index is 154. The number of thiol groups is 1. The number of nitrogens with one attached hydrogen (secondary N) is 1. The minimum absolute atomic E-state index is 0.285. The highest BCUT2D eigenvalue weighted by Gasteiger charge is 2.24. The summed E-state index contributed by atoms with van der Waals surface area (Å²) in [5, 5.41) is 3.63. The summed E-state index contributed by atoms with van der Waals surface area (Å²) in [6.07, 6.45) is 6.46. The van der Waals surface area contributed by atoms with Crippen molar-refractivity contribution in [2.24, 2.45) is 0 Å². The predicted molar refractivity (Wildman–Crippen MR) is 62.5 cm³/mol. The predicted octanol–water partition coefficient (Wildman–Crippen LogP) is 3.01. The second kappa shape index (κ2) is 4.70.